The summed E-state index contributed by atoms with van der Waals surface area (Å²) in [6.45, 7) is 0. The lowest BCUT2D eigenvalue weighted by molar-refractivity contribution is 0.404. The first-order valence-corrected chi connectivity index (χ1v) is 7.52. The zero-order valence-electron chi connectivity index (χ0n) is 13.3. The number of para-hydroxylation sites is 2. The van der Waals surface area contributed by atoms with Gasteiger partial charge >= 0.3 is 0 Å². The van der Waals surface area contributed by atoms with Crippen LogP contribution in [0, 0.1) is 0 Å². The van der Waals surface area contributed by atoms with Crippen LogP contribution in [0.3, 0.4) is 0 Å². The maximum absolute atomic E-state index is 9.83. The van der Waals surface area contributed by atoms with Gasteiger partial charge in [-0.1, -0.05) is 12.1 Å². The Morgan fingerprint density at radius 2 is 1.79 bits per heavy atom. The monoisotopic (exact) mass is 320 g/mol. The molecule has 0 saturated carbocycles. The van der Waals surface area contributed by atoms with Crippen molar-refractivity contribution >= 4 is 22.5 Å². The van der Waals surface area contributed by atoms with E-state index < -0.39 is 0 Å². The number of aromatic nitrogens is 3. The molecule has 0 fully saturated rings. The smallest absolute Gasteiger partial charge is 0.181 e. The van der Waals surface area contributed by atoms with Crippen LogP contribution in [0.25, 0.3) is 27.9 Å². The van der Waals surface area contributed by atoms with E-state index in [9.17, 15) is 10.2 Å². The highest BCUT2D eigenvalue weighted by Gasteiger charge is 2.16. The summed E-state index contributed by atoms with van der Waals surface area (Å²) in [5.74, 6) is 0.463. The highest BCUT2D eigenvalue weighted by atomic mass is 16.3. The Labute approximate surface area is 138 Å². The van der Waals surface area contributed by atoms with Gasteiger partial charge in [0.05, 0.1) is 22.9 Å². The second-order valence-corrected chi connectivity index (χ2v) is 5.82. The number of rotatable bonds is 2. The van der Waals surface area contributed by atoms with Gasteiger partial charge in [0.2, 0.25) is 0 Å². The highest BCUT2D eigenvalue weighted by molar-refractivity contribution is 5.86. The van der Waals surface area contributed by atoms with Crippen LogP contribution in [0.5, 0.6) is 11.5 Å². The molecule has 4 rings (SSSR count). The van der Waals surface area contributed by atoms with Crippen molar-refractivity contribution in [2.45, 2.75) is 0 Å². The van der Waals surface area contributed by atoms with Crippen LogP contribution < -0.4 is 4.90 Å². The zero-order chi connectivity index (χ0) is 16.8. The van der Waals surface area contributed by atoms with Gasteiger partial charge < -0.3 is 15.1 Å². The number of hydrogen-bond donors (Lipinski definition) is 2. The molecule has 0 radical (unpaired) electrons. The van der Waals surface area contributed by atoms with E-state index in [0.29, 0.717) is 0 Å². The predicted molar refractivity (Wildman–Crippen MR) is 93.6 cm³/mol. The normalized spacial score (nSPS) is 11.2. The third kappa shape index (κ3) is 2.04. The topological polar surface area (TPSA) is 73.9 Å². The molecule has 2 N–H and O–H groups in total. The Balaban J connectivity index is 2.12. The first-order valence-electron chi connectivity index (χ1n) is 7.52. The third-order valence-corrected chi connectivity index (χ3v) is 4.01. The summed E-state index contributed by atoms with van der Waals surface area (Å²) < 4.78 is 2.02. The van der Waals surface area contributed by atoms with Gasteiger partial charge in [0.25, 0.3) is 0 Å². The molecule has 120 valence electrons. The Hall–Kier alpha value is -3.28. The van der Waals surface area contributed by atoms with E-state index in [-0.39, 0.29) is 11.5 Å². The van der Waals surface area contributed by atoms with E-state index >= 15 is 0 Å². The van der Waals surface area contributed by atoms with Crippen LogP contribution in [0.2, 0.25) is 0 Å². The molecule has 4 aromatic rings. The summed E-state index contributed by atoms with van der Waals surface area (Å²) >= 11 is 0. The Morgan fingerprint density at radius 3 is 2.54 bits per heavy atom. The van der Waals surface area contributed by atoms with E-state index in [1.54, 1.807) is 12.3 Å². The molecular formula is C18H16N4O2. The average Bonchev–Trinajstić information content (AvgIpc) is 3.01. The second-order valence-electron chi connectivity index (χ2n) is 5.82. The van der Waals surface area contributed by atoms with Crippen molar-refractivity contribution in [3.63, 3.8) is 0 Å². The second kappa shape index (κ2) is 5.13. The number of fused-ring (bicyclic) bond motifs is 3. The molecule has 2 aromatic heterocycles. The molecule has 0 unspecified atom stereocenters. The van der Waals surface area contributed by atoms with Crippen molar-refractivity contribution in [1.82, 2.24) is 14.4 Å². The minimum absolute atomic E-state index is 0.145. The van der Waals surface area contributed by atoms with Crippen molar-refractivity contribution in [2.75, 3.05) is 19.0 Å². The van der Waals surface area contributed by atoms with Crippen molar-refractivity contribution in [3.05, 3.63) is 48.7 Å². The number of aromatic hydroxyl groups is 2. The van der Waals surface area contributed by atoms with Crippen molar-refractivity contribution in [1.29, 1.82) is 0 Å². The molecule has 0 aliphatic rings. The molecule has 0 spiro atoms. The minimum atomic E-state index is -0.159. The number of hydrogen-bond acceptors (Lipinski definition) is 5. The Bertz CT molecular complexity index is 1070. The van der Waals surface area contributed by atoms with Gasteiger partial charge in [0.15, 0.2) is 23.0 Å². The van der Waals surface area contributed by atoms with Crippen LogP contribution in [0.1, 0.15) is 0 Å². The molecular weight excluding hydrogens is 304 g/mol. The van der Waals surface area contributed by atoms with Crippen LogP contribution in [0.4, 0.5) is 5.82 Å². The molecule has 0 amide bonds. The van der Waals surface area contributed by atoms with Gasteiger partial charge in [0, 0.05) is 19.7 Å². The number of imidazole rings is 1. The van der Waals surface area contributed by atoms with Gasteiger partial charge in [-0.25, -0.2) is 9.97 Å². The summed E-state index contributed by atoms with van der Waals surface area (Å²) in [4.78, 5) is 11.2. The summed E-state index contributed by atoms with van der Waals surface area (Å²) in [7, 11) is 3.86. The van der Waals surface area contributed by atoms with E-state index in [4.69, 9.17) is 4.98 Å². The van der Waals surface area contributed by atoms with Gasteiger partial charge in [0.1, 0.15) is 0 Å². The Kier molecular flexibility index (Phi) is 3.06. The molecule has 0 aliphatic carbocycles. The summed E-state index contributed by atoms with van der Waals surface area (Å²) in [5, 5.41) is 19.4. The van der Waals surface area contributed by atoms with E-state index in [2.05, 4.69) is 4.98 Å². The van der Waals surface area contributed by atoms with Gasteiger partial charge in [-0.2, -0.15) is 0 Å². The maximum atomic E-state index is 9.83. The van der Waals surface area contributed by atoms with E-state index in [1.807, 2.05) is 47.7 Å². The Morgan fingerprint density at radius 1 is 1.00 bits per heavy atom. The van der Waals surface area contributed by atoms with Gasteiger partial charge in [-0.3, -0.25) is 4.40 Å². The summed E-state index contributed by atoms with van der Waals surface area (Å²) in [6.07, 6.45) is 1.75. The number of benzene rings is 2. The first kappa shape index (κ1) is 14.3. The lowest BCUT2D eigenvalue weighted by atomic mass is 10.1. The van der Waals surface area contributed by atoms with Crippen molar-refractivity contribution in [2.24, 2.45) is 0 Å². The van der Waals surface area contributed by atoms with E-state index in [0.717, 1.165) is 33.8 Å². The molecule has 0 bridgehead atoms. The summed E-state index contributed by atoms with van der Waals surface area (Å²) in [5.41, 5.74) is 4.11. The van der Waals surface area contributed by atoms with Crippen LogP contribution in [0.15, 0.2) is 48.7 Å². The third-order valence-electron chi connectivity index (χ3n) is 4.01. The number of nitrogens with zero attached hydrogens (tertiary/aromatic N) is 4. The number of phenols is 2. The summed E-state index contributed by atoms with van der Waals surface area (Å²) in [6, 6.07) is 12.6. The average molecular weight is 320 g/mol. The standard InChI is InChI=1S/C18H16N4O2/c1-21(2)18-17-19-10-14(11-7-8-15(23)16(24)9-11)22(17)13-6-4-3-5-12(13)20-18/h3-10,23-24H,1-2H3. The first-order chi connectivity index (χ1) is 11.6. The molecule has 2 aromatic carbocycles. The fourth-order valence-corrected chi connectivity index (χ4v) is 2.85. The largest absolute Gasteiger partial charge is 0.504 e. The predicted octanol–water partition coefficient (Wildman–Crippen LogP) is 3.03. The fraction of sp³-hybridized carbons (Fsp3) is 0.111. The quantitative estimate of drug-likeness (QED) is 0.555. The molecule has 2 heterocycles. The lowest BCUT2D eigenvalue weighted by Crippen LogP contribution is -2.13. The van der Waals surface area contributed by atoms with Crippen LogP contribution in [-0.4, -0.2) is 38.7 Å². The molecule has 0 atom stereocenters. The van der Waals surface area contributed by atoms with Crippen LogP contribution in [-0.2, 0) is 0 Å². The van der Waals surface area contributed by atoms with Crippen molar-refractivity contribution < 1.29 is 10.2 Å². The lowest BCUT2D eigenvalue weighted by Gasteiger charge is -2.15. The zero-order valence-corrected chi connectivity index (χ0v) is 13.3. The van der Waals surface area contributed by atoms with Crippen molar-refractivity contribution in [3.8, 4) is 22.8 Å². The van der Waals surface area contributed by atoms with Gasteiger partial charge in [-0.15, -0.1) is 0 Å². The molecule has 24 heavy (non-hydrogen) atoms. The molecule has 0 aliphatic heterocycles. The fourth-order valence-electron chi connectivity index (χ4n) is 2.85. The number of anilines is 1. The molecule has 6 heteroatoms. The maximum Gasteiger partial charge on any atom is 0.181 e. The molecule has 6 nitrogen and oxygen atoms in total. The highest BCUT2D eigenvalue weighted by Crippen LogP contribution is 2.33. The van der Waals surface area contributed by atoms with E-state index in [1.165, 1.54) is 12.1 Å². The molecule has 0 saturated heterocycles. The number of phenolic OH excluding ortho intramolecular Hbond substituents is 2. The minimum Gasteiger partial charge on any atom is -0.504 e. The van der Waals surface area contributed by atoms with Gasteiger partial charge in [-0.05, 0) is 30.3 Å². The SMILES string of the molecule is CN(C)c1nc2ccccc2n2c(-c3ccc(O)c(O)c3)cnc12. The van der Waals surface area contributed by atoms with Crippen LogP contribution >= 0.6 is 0 Å².